The second kappa shape index (κ2) is 10.0. The van der Waals surface area contributed by atoms with Crippen LogP contribution in [0.2, 0.25) is 0 Å². The van der Waals surface area contributed by atoms with Gasteiger partial charge in [0.15, 0.2) is 12.1 Å². The number of aliphatic imine (C=N–C) groups is 1. The first-order valence-electron chi connectivity index (χ1n) is 8.44. The number of likely N-dealkylation sites (tertiary alicyclic amines) is 2. The molecule has 0 aromatic heterocycles. The van der Waals surface area contributed by atoms with Crippen molar-refractivity contribution in [3.05, 3.63) is 0 Å². The number of aliphatic hydroxyl groups excluding tert-OH is 1. The quantitative estimate of drug-likeness (QED) is 0.380. The average molecular weight is 464 g/mol. The lowest BCUT2D eigenvalue weighted by molar-refractivity contribution is -0.199. The van der Waals surface area contributed by atoms with Crippen molar-refractivity contribution in [2.24, 2.45) is 4.99 Å². The predicted octanol–water partition coefficient (Wildman–Crippen LogP) is 2.05. The van der Waals surface area contributed by atoms with Crippen LogP contribution in [0.3, 0.4) is 0 Å². The van der Waals surface area contributed by atoms with Crippen LogP contribution in [-0.2, 0) is 0 Å². The first-order valence-corrected chi connectivity index (χ1v) is 8.44. The average Bonchev–Trinajstić information content (AvgIpc) is 3.01. The summed E-state index contributed by atoms with van der Waals surface area (Å²) < 4.78 is 37.2. The predicted molar refractivity (Wildman–Crippen MR) is 98.9 cm³/mol. The highest BCUT2D eigenvalue weighted by Gasteiger charge is 2.38. The van der Waals surface area contributed by atoms with Gasteiger partial charge in [0.25, 0.3) is 0 Å². The number of alkyl halides is 3. The molecule has 9 heteroatoms. The Morgan fingerprint density at radius 3 is 2.50 bits per heavy atom. The van der Waals surface area contributed by atoms with Crippen molar-refractivity contribution in [3.8, 4) is 0 Å². The van der Waals surface area contributed by atoms with E-state index >= 15 is 0 Å². The fourth-order valence-corrected chi connectivity index (χ4v) is 3.22. The zero-order valence-electron chi connectivity index (χ0n) is 14.1. The highest BCUT2D eigenvalue weighted by atomic mass is 127. The van der Waals surface area contributed by atoms with Crippen LogP contribution in [0.5, 0.6) is 0 Å². The summed E-state index contributed by atoms with van der Waals surface area (Å²) in [6.07, 6.45) is -2.29. The van der Waals surface area contributed by atoms with E-state index < -0.39 is 18.8 Å². The van der Waals surface area contributed by atoms with E-state index in [9.17, 15) is 13.2 Å². The molecule has 5 nitrogen and oxygen atoms in total. The summed E-state index contributed by atoms with van der Waals surface area (Å²) in [6, 6.07) is 0.451. The molecule has 24 heavy (non-hydrogen) atoms. The second-order valence-electron chi connectivity index (χ2n) is 6.24. The molecule has 142 valence electrons. The van der Waals surface area contributed by atoms with Crippen LogP contribution in [-0.4, -0.2) is 78.5 Å². The van der Waals surface area contributed by atoms with Gasteiger partial charge in [-0.2, -0.15) is 13.2 Å². The smallest absolute Gasteiger partial charge is 0.382 e. The van der Waals surface area contributed by atoms with Gasteiger partial charge < -0.3 is 15.3 Å². The van der Waals surface area contributed by atoms with E-state index in [0.29, 0.717) is 18.5 Å². The Hall–Kier alpha value is -0.290. The lowest BCUT2D eigenvalue weighted by atomic mass is 10.1. The number of halogens is 4. The Morgan fingerprint density at radius 1 is 1.25 bits per heavy atom. The number of hydrogen-bond donors (Lipinski definition) is 2. The summed E-state index contributed by atoms with van der Waals surface area (Å²) in [7, 11) is 0. The third kappa shape index (κ3) is 6.21. The third-order valence-electron chi connectivity index (χ3n) is 4.50. The van der Waals surface area contributed by atoms with Gasteiger partial charge in [0, 0.05) is 25.7 Å². The van der Waals surface area contributed by atoms with Gasteiger partial charge in [-0.1, -0.05) is 6.42 Å². The van der Waals surface area contributed by atoms with Gasteiger partial charge in [-0.25, -0.2) is 0 Å². The van der Waals surface area contributed by atoms with Crippen molar-refractivity contribution in [1.82, 2.24) is 15.1 Å². The molecule has 2 heterocycles. The van der Waals surface area contributed by atoms with Gasteiger partial charge in [0.05, 0.1) is 6.54 Å². The molecule has 2 atom stereocenters. The van der Waals surface area contributed by atoms with Crippen LogP contribution >= 0.6 is 24.0 Å². The molecular weight excluding hydrogens is 436 g/mol. The molecule has 2 rings (SSSR count). The van der Waals surface area contributed by atoms with E-state index in [1.807, 2.05) is 11.8 Å². The monoisotopic (exact) mass is 464 g/mol. The van der Waals surface area contributed by atoms with Crippen molar-refractivity contribution in [1.29, 1.82) is 0 Å². The maximum Gasteiger partial charge on any atom is 0.416 e. The molecular formula is C15H28F3IN4O. The number of guanidine groups is 1. The van der Waals surface area contributed by atoms with Crippen molar-refractivity contribution in [3.63, 3.8) is 0 Å². The Morgan fingerprint density at radius 2 is 1.92 bits per heavy atom. The van der Waals surface area contributed by atoms with Crippen molar-refractivity contribution >= 4 is 29.9 Å². The SMILES string of the molecule is CCNC(=NCC(O)C(F)(F)F)N1CCC(N2CCCCC2)C1.I. The highest BCUT2D eigenvalue weighted by Crippen LogP contribution is 2.22. The normalized spacial score (nSPS) is 24.6. The minimum atomic E-state index is -4.62. The van der Waals surface area contributed by atoms with Crippen LogP contribution in [0.4, 0.5) is 13.2 Å². The van der Waals surface area contributed by atoms with Crippen LogP contribution in [0.1, 0.15) is 32.6 Å². The van der Waals surface area contributed by atoms with Crippen LogP contribution in [0, 0.1) is 0 Å². The summed E-state index contributed by atoms with van der Waals surface area (Å²) in [5.74, 6) is 0.468. The van der Waals surface area contributed by atoms with E-state index in [0.717, 1.165) is 32.6 Å². The number of rotatable bonds is 4. The lowest BCUT2D eigenvalue weighted by Gasteiger charge is -2.32. The Labute approximate surface area is 158 Å². The van der Waals surface area contributed by atoms with Crippen molar-refractivity contribution in [2.45, 2.75) is 50.9 Å². The van der Waals surface area contributed by atoms with Gasteiger partial charge in [-0.05, 0) is 39.3 Å². The van der Waals surface area contributed by atoms with Gasteiger partial charge in [0.2, 0.25) is 0 Å². The Kier molecular flexibility index (Phi) is 9.07. The fourth-order valence-electron chi connectivity index (χ4n) is 3.22. The molecule has 2 saturated heterocycles. The zero-order valence-corrected chi connectivity index (χ0v) is 16.4. The standard InChI is InChI=1S/C15H27F3N4O.HI/c1-2-19-14(20-10-13(23)15(16,17)18)22-9-6-12(11-22)21-7-4-3-5-8-21;/h12-13,23H,2-11H2,1H3,(H,19,20);1H. The number of nitrogens with one attached hydrogen (secondary N) is 1. The summed E-state index contributed by atoms with van der Waals surface area (Å²) >= 11 is 0. The highest BCUT2D eigenvalue weighted by molar-refractivity contribution is 14.0. The van der Waals surface area contributed by atoms with E-state index in [1.54, 1.807) is 0 Å². The van der Waals surface area contributed by atoms with Gasteiger partial charge in [-0.15, -0.1) is 24.0 Å². The van der Waals surface area contributed by atoms with Crippen LogP contribution in [0.15, 0.2) is 4.99 Å². The van der Waals surface area contributed by atoms with Gasteiger partial charge in [0.1, 0.15) is 0 Å². The third-order valence-corrected chi connectivity index (χ3v) is 4.50. The summed E-state index contributed by atoms with van der Waals surface area (Å²) in [5.41, 5.74) is 0. The van der Waals surface area contributed by atoms with Gasteiger partial charge in [-0.3, -0.25) is 9.89 Å². The van der Waals surface area contributed by atoms with E-state index in [2.05, 4.69) is 15.2 Å². The fraction of sp³-hybridized carbons (Fsp3) is 0.933. The number of nitrogens with zero attached hydrogens (tertiary/aromatic N) is 3. The molecule has 2 aliphatic heterocycles. The Bertz CT molecular complexity index is 403. The number of hydrogen-bond acceptors (Lipinski definition) is 3. The largest absolute Gasteiger partial charge is 0.416 e. The number of aliphatic hydroxyl groups is 1. The molecule has 0 bridgehead atoms. The Balaban J connectivity index is 0.00000288. The van der Waals surface area contributed by atoms with E-state index in [-0.39, 0.29) is 24.0 Å². The molecule has 0 aliphatic carbocycles. The minimum absolute atomic E-state index is 0. The second-order valence-corrected chi connectivity index (χ2v) is 6.24. The maximum atomic E-state index is 12.4. The molecule has 0 radical (unpaired) electrons. The zero-order chi connectivity index (χ0) is 16.9. The van der Waals surface area contributed by atoms with Crippen molar-refractivity contribution < 1.29 is 18.3 Å². The summed E-state index contributed by atoms with van der Waals surface area (Å²) in [6.45, 7) is 5.61. The molecule has 0 amide bonds. The minimum Gasteiger partial charge on any atom is -0.382 e. The van der Waals surface area contributed by atoms with E-state index in [1.165, 1.54) is 19.3 Å². The first-order chi connectivity index (χ1) is 10.9. The van der Waals surface area contributed by atoms with E-state index in [4.69, 9.17) is 5.11 Å². The topological polar surface area (TPSA) is 51.1 Å². The van der Waals surface area contributed by atoms with Crippen molar-refractivity contribution in [2.75, 3.05) is 39.3 Å². The molecule has 2 aliphatic rings. The molecule has 2 N–H and O–H groups in total. The maximum absolute atomic E-state index is 12.4. The molecule has 2 unspecified atom stereocenters. The van der Waals surface area contributed by atoms with Crippen LogP contribution in [0.25, 0.3) is 0 Å². The molecule has 0 aromatic carbocycles. The lowest BCUT2D eigenvalue weighted by Crippen LogP contribution is -2.45. The molecule has 0 saturated carbocycles. The van der Waals surface area contributed by atoms with Crippen LogP contribution < -0.4 is 5.32 Å². The van der Waals surface area contributed by atoms with Gasteiger partial charge >= 0.3 is 6.18 Å². The molecule has 0 aromatic rings. The summed E-state index contributed by atoms with van der Waals surface area (Å²) in [5, 5.41) is 12.1. The number of piperidine rings is 1. The summed E-state index contributed by atoms with van der Waals surface area (Å²) in [4.78, 5) is 8.47. The first kappa shape index (κ1) is 21.8. The molecule has 0 spiro atoms. The molecule has 2 fully saturated rings.